The van der Waals surface area contributed by atoms with E-state index in [4.69, 9.17) is 0 Å². The van der Waals surface area contributed by atoms with Gasteiger partial charge in [-0.1, -0.05) is 63.2 Å². The van der Waals surface area contributed by atoms with E-state index in [-0.39, 0.29) is 11.3 Å². The third-order valence-corrected chi connectivity index (χ3v) is 6.73. The number of nitrogens with zero attached hydrogens (tertiary/aromatic N) is 3. The maximum atomic E-state index is 12.5. The summed E-state index contributed by atoms with van der Waals surface area (Å²) in [6.45, 7) is 12.4. The highest BCUT2D eigenvalue weighted by Crippen LogP contribution is 2.32. The van der Waals surface area contributed by atoms with Gasteiger partial charge in [-0.3, -0.25) is 4.79 Å². The average molecular weight is 420 g/mol. The van der Waals surface area contributed by atoms with Crippen LogP contribution in [0.15, 0.2) is 58.4 Å². The molecule has 1 amide bonds. The molecule has 0 spiro atoms. The number of anilines is 1. The lowest BCUT2D eigenvalue weighted by Crippen LogP contribution is -2.48. The molecule has 2 heterocycles. The van der Waals surface area contributed by atoms with Crippen molar-refractivity contribution in [1.29, 1.82) is 0 Å². The van der Waals surface area contributed by atoms with Gasteiger partial charge in [0.2, 0.25) is 0 Å². The average Bonchev–Trinajstić information content (AvgIpc) is 3.09. The molecule has 0 bridgehead atoms. The number of aryl methyl sites for hydroxylation is 1. The number of carbonyl (C=O) groups excluding carboxylic acids is 1. The minimum absolute atomic E-state index is 0.125. The van der Waals surface area contributed by atoms with Gasteiger partial charge in [0.25, 0.3) is 5.91 Å². The molecule has 1 fully saturated rings. The molecule has 4 rings (SSSR count). The van der Waals surface area contributed by atoms with E-state index in [0.717, 1.165) is 36.9 Å². The summed E-state index contributed by atoms with van der Waals surface area (Å²) < 4.78 is 0. The number of benzene rings is 2. The number of rotatable bonds is 2. The molecule has 30 heavy (non-hydrogen) atoms. The van der Waals surface area contributed by atoms with Gasteiger partial charge in [0.15, 0.2) is 5.17 Å². The van der Waals surface area contributed by atoms with Crippen molar-refractivity contribution < 1.29 is 4.79 Å². The molecule has 156 valence electrons. The zero-order valence-corrected chi connectivity index (χ0v) is 19.0. The van der Waals surface area contributed by atoms with Crippen LogP contribution in [-0.2, 0) is 10.2 Å². The number of hydrogen-bond acceptors (Lipinski definition) is 4. The number of para-hydroxylation sites is 1. The van der Waals surface area contributed by atoms with E-state index in [1.807, 2.05) is 6.08 Å². The number of thioether (sulfide) groups is 1. The van der Waals surface area contributed by atoms with Gasteiger partial charge in [-0.25, -0.2) is 0 Å². The van der Waals surface area contributed by atoms with Gasteiger partial charge in [0.1, 0.15) is 0 Å². The Morgan fingerprint density at radius 2 is 1.57 bits per heavy atom. The van der Waals surface area contributed by atoms with Crippen molar-refractivity contribution in [2.45, 2.75) is 33.1 Å². The van der Waals surface area contributed by atoms with E-state index >= 15 is 0 Å². The first-order valence-electron chi connectivity index (χ1n) is 10.5. The summed E-state index contributed by atoms with van der Waals surface area (Å²) in [7, 11) is 0. The second-order valence-corrected chi connectivity index (χ2v) is 9.95. The van der Waals surface area contributed by atoms with E-state index in [1.54, 1.807) is 0 Å². The first kappa shape index (κ1) is 20.7. The number of piperazine rings is 1. The van der Waals surface area contributed by atoms with Crippen molar-refractivity contribution in [2.75, 3.05) is 31.1 Å². The summed E-state index contributed by atoms with van der Waals surface area (Å²) in [6.07, 6.45) is 1.96. The standard InChI is InChI=1S/C25H29N3OS/c1-18-7-5-6-8-21(18)27-13-15-28(16-14-27)24-26-23(29)22(30-24)17-19-9-11-20(12-10-19)25(2,3)4/h5-12,17H,13-16H2,1-4H3/b22-17+. The Bertz CT molecular complexity index is 994. The zero-order chi connectivity index (χ0) is 21.3. The van der Waals surface area contributed by atoms with Crippen LogP contribution in [0.5, 0.6) is 0 Å². The van der Waals surface area contributed by atoms with Gasteiger partial charge in [-0.05, 0) is 52.9 Å². The van der Waals surface area contributed by atoms with Crippen LogP contribution in [-0.4, -0.2) is 42.2 Å². The molecule has 0 radical (unpaired) electrons. The van der Waals surface area contributed by atoms with E-state index in [9.17, 15) is 4.79 Å². The second-order valence-electron chi connectivity index (χ2n) is 8.94. The Kier molecular flexibility index (Phi) is 5.74. The fourth-order valence-corrected chi connectivity index (χ4v) is 4.79. The van der Waals surface area contributed by atoms with Crippen LogP contribution < -0.4 is 4.90 Å². The van der Waals surface area contributed by atoms with Crippen molar-refractivity contribution in [3.05, 3.63) is 70.1 Å². The topological polar surface area (TPSA) is 35.9 Å². The molecule has 4 nitrogen and oxygen atoms in total. The monoisotopic (exact) mass is 419 g/mol. The summed E-state index contributed by atoms with van der Waals surface area (Å²) in [6, 6.07) is 17.0. The number of amidine groups is 1. The van der Waals surface area contributed by atoms with Crippen LogP contribution in [0.2, 0.25) is 0 Å². The molecule has 2 aliphatic rings. The minimum Gasteiger partial charge on any atom is -0.368 e. The summed E-state index contributed by atoms with van der Waals surface area (Å²) in [5.74, 6) is -0.128. The lowest BCUT2D eigenvalue weighted by atomic mass is 9.87. The van der Waals surface area contributed by atoms with Crippen molar-refractivity contribution >= 4 is 34.6 Å². The van der Waals surface area contributed by atoms with Crippen LogP contribution in [0.4, 0.5) is 5.69 Å². The number of amides is 1. The molecule has 0 saturated carbocycles. The number of hydrogen-bond donors (Lipinski definition) is 0. The molecule has 2 aliphatic heterocycles. The molecule has 0 aromatic heterocycles. The van der Waals surface area contributed by atoms with Crippen molar-refractivity contribution in [3.63, 3.8) is 0 Å². The van der Waals surface area contributed by atoms with Gasteiger partial charge < -0.3 is 9.80 Å². The normalized spacial score (nSPS) is 18.9. The highest BCUT2D eigenvalue weighted by atomic mass is 32.2. The fraction of sp³-hybridized carbons (Fsp3) is 0.360. The molecule has 0 aliphatic carbocycles. The highest BCUT2D eigenvalue weighted by Gasteiger charge is 2.28. The van der Waals surface area contributed by atoms with Crippen LogP contribution in [0.1, 0.15) is 37.5 Å². The maximum absolute atomic E-state index is 12.5. The lowest BCUT2D eigenvalue weighted by molar-refractivity contribution is -0.113. The van der Waals surface area contributed by atoms with Gasteiger partial charge in [-0.15, -0.1) is 0 Å². The summed E-state index contributed by atoms with van der Waals surface area (Å²) in [5.41, 5.74) is 5.06. The van der Waals surface area contributed by atoms with E-state index in [0.29, 0.717) is 4.91 Å². The lowest BCUT2D eigenvalue weighted by Gasteiger charge is -2.37. The minimum atomic E-state index is -0.128. The first-order valence-corrected chi connectivity index (χ1v) is 11.3. The van der Waals surface area contributed by atoms with Gasteiger partial charge >= 0.3 is 0 Å². The van der Waals surface area contributed by atoms with Crippen molar-refractivity contribution in [3.8, 4) is 0 Å². The van der Waals surface area contributed by atoms with Crippen LogP contribution >= 0.6 is 11.8 Å². The Labute approximate surface area is 183 Å². The Morgan fingerprint density at radius 3 is 2.20 bits per heavy atom. The molecular weight excluding hydrogens is 390 g/mol. The Balaban J connectivity index is 1.40. The zero-order valence-electron chi connectivity index (χ0n) is 18.2. The summed E-state index contributed by atoms with van der Waals surface area (Å²) in [4.78, 5) is 22.2. The molecule has 0 atom stereocenters. The molecular formula is C25H29N3OS. The summed E-state index contributed by atoms with van der Waals surface area (Å²) >= 11 is 1.50. The van der Waals surface area contributed by atoms with Gasteiger partial charge in [-0.2, -0.15) is 4.99 Å². The third-order valence-electron chi connectivity index (χ3n) is 5.69. The maximum Gasteiger partial charge on any atom is 0.286 e. The van der Waals surface area contributed by atoms with Gasteiger partial charge in [0, 0.05) is 31.9 Å². The predicted octanol–water partition coefficient (Wildman–Crippen LogP) is 5.09. The van der Waals surface area contributed by atoms with Gasteiger partial charge in [0.05, 0.1) is 4.91 Å². The first-order chi connectivity index (χ1) is 14.3. The molecule has 5 heteroatoms. The molecule has 2 aromatic rings. The van der Waals surface area contributed by atoms with E-state index in [2.05, 4.69) is 91.0 Å². The molecule has 0 N–H and O–H groups in total. The highest BCUT2D eigenvalue weighted by molar-refractivity contribution is 8.18. The Hall–Kier alpha value is -2.53. The molecule has 1 saturated heterocycles. The number of carbonyl (C=O) groups is 1. The van der Waals surface area contributed by atoms with E-state index < -0.39 is 0 Å². The van der Waals surface area contributed by atoms with E-state index in [1.165, 1.54) is 28.6 Å². The van der Waals surface area contributed by atoms with Crippen LogP contribution in [0.3, 0.4) is 0 Å². The Morgan fingerprint density at radius 1 is 0.933 bits per heavy atom. The van der Waals surface area contributed by atoms with Crippen LogP contribution in [0.25, 0.3) is 6.08 Å². The molecule has 0 unspecified atom stereocenters. The van der Waals surface area contributed by atoms with Crippen molar-refractivity contribution in [2.24, 2.45) is 4.99 Å². The summed E-state index contributed by atoms with van der Waals surface area (Å²) in [5, 5.41) is 0.835. The third kappa shape index (κ3) is 4.46. The quantitative estimate of drug-likeness (QED) is 0.636. The SMILES string of the molecule is Cc1ccccc1N1CCN(C2=NC(=O)/C(=C\c3ccc(C(C)(C)C)cc3)S2)CC1. The smallest absolute Gasteiger partial charge is 0.286 e. The fourth-order valence-electron chi connectivity index (χ4n) is 3.82. The van der Waals surface area contributed by atoms with Crippen LogP contribution in [0, 0.1) is 6.92 Å². The van der Waals surface area contributed by atoms with Crippen molar-refractivity contribution in [1.82, 2.24) is 4.90 Å². The number of aliphatic imine (C=N–C) groups is 1. The second kappa shape index (κ2) is 8.31. The predicted molar refractivity (Wildman–Crippen MR) is 128 cm³/mol. The molecule has 2 aromatic carbocycles. The largest absolute Gasteiger partial charge is 0.368 e.